The monoisotopic (exact) mass is 289 g/mol. The molecule has 0 aromatic carbocycles. The van der Waals surface area contributed by atoms with Gasteiger partial charge in [-0.15, -0.1) is 5.10 Å². The quantitative estimate of drug-likeness (QED) is 0.770. The maximum absolute atomic E-state index is 12.6. The van der Waals surface area contributed by atoms with Crippen LogP contribution in [0.25, 0.3) is 0 Å². The first kappa shape index (κ1) is 12.8. The smallest absolute Gasteiger partial charge is 0.309 e. The number of imide groups is 1. The molecule has 0 spiro atoms. The van der Waals surface area contributed by atoms with Gasteiger partial charge in [0.1, 0.15) is 11.9 Å². The molecule has 1 saturated heterocycles. The lowest BCUT2D eigenvalue weighted by Crippen LogP contribution is -2.46. The molecule has 0 radical (unpaired) electrons. The zero-order chi connectivity index (χ0) is 14.6. The molecule has 7 heteroatoms. The molecule has 21 heavy (non-hydrogen) atoms. The fraction of sp³-hybridized carbons (Fsp3) is 0.714. The summed E-state index contributed by atoms with van der Waals surface area (Å²) in [6.07, 6.45) is 6.14. The zero-order valence-electron chi connectivity index (χ0n) is 12.2. The number of hydrogen-bond donors (Lipinski definition) is 0. The fourth-order valence-electron chi connectivity index (χ4n) is 3.37. The van der Waals surface area contributed by atoms with Crippen LogP contribution >= 0.6 is 0 Å². The largest absolute Gasteiger partial charge is 0.334 e. The van der Waals surface area contributed by atoms with Crippen LogP contribution in [0.15, 0.2) is 0 Å². The van der Waals surface area contributed by atoms with Crippen LogP contribution < -0.4 is 4.90 Å². The minimum atomic E-state index is -0.400. The Morgan fingerprint density at radius 3 is 2.62 bits per heavy atom. The topological polar surface area (TPSA) is 71.3 Å². The minimum absolute atomic E-state index is 0.199. The van der Waals surface area contributed by atoms with Crippen LogP contribution in [0.2, 0.25) is 0 Å². The highest BCUT2D eigenvalue weighted by Gasteiger charge is 2.49. The van der Waals surface area contributed by atoms with Crippen molar-refractivity contribution in [3.05, 3.63) is 5.82 Å². The Bertz CT molecular complexity index is 583. The maximum atomic E-state index is 12.6. The number of nitrogens with zero attached hydrogens (tertiary/aromatic N) is 5. The number of anilines is 1. The molecule has 2 fully saturated rings. The van der Waals surface area contributed by atoms with Crippen LogP contribution in [0.4, 0.5) is 10.7 Å². The van der Waals surface area contributed by atoms with Crippen molar-refractivity contribution in [3.8, 4) is 0 Å². The highest BCUT2D eigenvalue weighted by atomic mass is 16.2. The summed E-state index contributed by atoms with van der Waals surface area (Å²) in [6.45, 7) is 2.62. The molecule has 1 saturated carbocycles. The number of amides is 3. The number of aromatic nitrogens is 3. The van der Waals surface area contributed by atoms with E-state index in [1.165, 1.54) is 4.90 Å². The Balaban J connectivity index is 1.66. The molecular formula is C14H19N5O2. The second-order valence-electron chi connectivity index (χ2n) is 6.13. The van der Waals surface area contributed by atoms with Crippen LogP contribution in [-0.4, -0.2) is 43.7 Å². The SMILES string of the molecule is CC1C(=O)N(c2nc3n(n2)CCCC3)C(=O)N1C1CCC1. The maximum Gasteiger partial charge on any atom is 0.334 e. The number of carbonyl (C=O) groups is 2. The molecule has 1 aromatic heterocycles. The molecule has 1 aliphatic carbocycles. The van der Waals surface area contributed by atoms with Gasteiger partial charge in [-0.25, -0.2) is 9.48 Å². The van der Waals surface area contributed by atoms with Crippen molar-refractivity contribution in [3.63, 3.8) is 0 Å². The lowest BCUT2D eigenvalue weighted by molar-refractivity contribution is -0.119. The van der Waals surface area contributed by atoms with E-state index in [0.717, 1.165) is 50.9 Å². The summed E-state index contributed by atoms with van der Waals surface area (Å²) in [6, 6.07) is -0.442. The standard InChI is InChI=1S/C14H19N5O2/c1-9-12(20)19(14(21)18(9)10-5-4-6-10)13-15-11-7-2-3-8-17(11)16-13/h9-10H,2-8H2,1H3. The zero-order valence-corrected chi connectivity index (χ0v) is 12.2. The van der Waals surface area contributed by atoms with Gasteiger partial charge in [0, 0.05) is 19.0 Å². The molecule has 1 unspecified atom stereocenters. The van der Waals surface area contributed by atoms with Gasteiger partial charge in [-0.2, -0.15) is 9.88 Å². The van der Waals surface area contributed by atoms with Crippen molar-refractivity contribution in [2.45, 2.75) is 64.1 Å². The van der Waals surface area contributed by atoms with Gasteiger partial charge in [-0.3, -0.25) is 4.79 Å². The van der Waals surface area contributed by atoms with E-state index >= 15 is 0 Å². The summed E-state index contributed by atoms with van der Waals surface area (Å²) in [5.41, 5.74) is 0. The highest BCUT2D eigenvalue weighted by Crippen LogP contribution is 2.33. The predicted molar refractivity (Wildman–Crippen MR) is 74.8 cm³/mol. The Kier molecular flexibility index (Phi) is 2.77. The Morgan fingerprint density at radius 2 is 1.95 bits per heavy atom. The van der Waals surface area contributed by atoms with Crippen LogP contribution in [-0.2, 0) is 17.8 Å². The molecule has 3 amide bonds. The molecule has 1 atom stereocenters. The van der Waals surface area contributed by atoms with Gasteiger partial charge in [0.05, 0.1) is 0 Å². The van der Waals surface area contributed by atoms with Gasteiger partial charge in [0.15, 0.2) is 0 Å². The fourth-order valence-corrected chi connectivity index (χ4v) is 3.37. The van der Waals surface area contributed by atoms with Crippen LogP contribution in [0.3, 0.4) is 0 Å². The average Bonchev–Trinajstić information content (AvgIpc) is 2.92. The van der Waals surface area contributed by atoms with Gasteiger partial charge in [0.2, 0.25) is 0 Å². The van der Waals surface area contributed by atoms with Crippen LogP contribution in [0, 0.1) is 0 Å². The molecule has 3 heterocycles. The second kappa shape index (κ2) is 4.54. The summed E-state index contributed by atoms with van der Waals surface area (Å²) in [4.78, 5) is 32.4. The summed E-state index contributed by atoms with van der Waals surface area (Å²) >= 11 is 0. The third-order valence-corrected chi connectivity index (χ3v) is 4.83. The van der Waals surface area contributed by atoms with Crippen molar-refractivity contribution < 1.29 is 9.59 Å². The van der Waals surface area contributed by atoms with E-state index < -0.39 is 6.04 Å². The third kappa shape index (κ3) is 1.79. The number of rotatable bonds is 2. The van der Waals surface area contributed by atoms with E-state index in [1.54, 1.807) is 11.8 Å². The minimum Gasteiger partial charge on any atom is -0.309 e. The Labute approximate surface area is 122 Å². The summed E-state index contributed by atoms with van der Waals surface area (Å²) < 4.78 is 1.83. The lowest BCUT2D eigenvalue weighted by Gasteiger charge is -2.35. The van der Waals surface area contributed by atoms with E-state index in [1.807, 2.05) is 4.68 Å². The van der Waals surface area contributed by atoms with Crippen molar-refractivity contribution >= 4 is 17.9 Å². The second-order valence-corrected chi connectivity index (χ2v) is 6.13. The summed E-state index contributed by atoms with van der Waals surface area (Å²) in [7, 11) is 0. The normalized spacial score (nSPS) is 26.2. The number of hydrogen-bond acceptors (Lipinski definition) is 4. The molecule has 0 N–H and O–H groups in total. The molecule has 4 rings (SSSR count). The van der Waals surface area contributed by atoms with Gasteiger partial charge in [-0.05, 0) is 39.0 Å². The number of urea groups is 1. The molecule has 7 nitrogen and oxygen atoms in total. The number of aryl methyl sites for hydroxylation is 2. The first-order valence-corrected chi connectivity index (χ1v) is 7.77. The summed E-state index contributed by atoms with van der Waals surface area (Å²) in [5.74, 6) is 0.942. The van der Waals surface area contributed by atoms with Gasteiger partial charge < -0.3 is 4.90 Å². The van der Waals surface area contributed by atoms with E-state index in [2.05, 4.69) is 10.1 Å². The van der Waals surface area contributed by atoms with Gasteiger partial charge >= 0.3 is 6.03 Å². The molecule has 2 aliphatic heterocycles. The van der Waals surface area contributed by atoms with Gasteiger partial charge in [0.25, 0.3) is 11.9 Å². The lowest BCUT2D eigenvalue weighted by atomic mass is 9.91. The highest BCUT2D eigenvalue weighted by molar-refractivity contribution is 6.20. The van der Waals surface area contributed by atoms with E-state index in [0.29, 0.717) is 0 Å². The average molecular weight is 289 g/mol. The van der Waals surface area contributed by atoms with E-state index in [-0.39, 0.29) is 23.9 Å². The molecule has 3 aliphatic rings. The first-order valence-electron chi connectivity index (χ1n) is 7.77. The van der Waals surface area contributed by atoms with Crippen molar-refractivity contribution in [1.82, 2.24) is 19.7 Å². The van der Waals surface area contributed by atoms with E-state index in [9.17, 15) is 9.59 Å². The van der Waals surface area contributed by atoms with Crippen LogP contribution in [0.1, 0.15) is 44.9 Å². The Hall–Kier alpha value is -1.92. The molecular weight excluding hydrogens is 270 g/mol. The molecule has 0 bridgehead atoms. The van der Waals surface area contributed by atoms with Crippen molar-refractivity contribution in [2.24, 2.45) is 0 Å². The molecule has 112 valence electrons. The first-order chi connectivity index (χ1) is 10.2. The Morgan fingerprint density at radius 1 is 1.14 bits per heavy atom. The van der Waals surface area contributed by atoms with Gasteiger partial charge in [-0.1, -0.05) is 0 Å². The summed E-state index contributed by atoms with van der Waals surface area (Å²) in [5, 5.41) is 4.37. The number of carbonyl (C=O) groups excluding carboxylic acids is 2. The van der Waals surface area contributed by atoms with Crippen molar-refractivity contribution in [1.29, 1.82) is 0 Å². The predicted octanol–water partition coefficient (Wildman–Crippen LogP) is 1.32. The van der Waals surface area contributed by atoms with E-state index in [4.69, 9.17) is 0 Å². The van der Waals surface area contributed by atoms with Crippen LogP contribution in [0.5, 0.6) is 0 Å². The van der Waals surface area contributed by atoms with Crippen molar-refractivity contribution in [2.75, 3.05) is 4.90 Å². The molecule has 1 aromatic rings. The third-order valence-electron chi connectivity index (χ3n) is 4.83. The number of fused-ring (bicyclic) bond motifs is 1.